The molecule has 0 aromatic carbocycles. The van der Waals surface area contributed by atoms with E-state index in [1.54, 1.807) is 18.5 Å². The van der Waals surface area contributed by atoms with E-state index in [-0.39, 0.29) is 5.91 Å². The van der Waals surface area contributed by atoms with Crippen LogP contribution in [-0.2, 0) is 6.54 Å². The summed E-state index contributed by atoms with van der Waals surface area (Å²) in [7, 11) is 2.13. The van der Waals surface area contributed by atoms with Crippen molar-refractivity contribution in [2.24, 2.45) is 0 Å². The normalized spacial score (nSPS) is 15.4. The number of likely N-dealkylation sites (N-methyl/N-ethyl adjacent to an activating group) is 1. The van der Waals surface area contributed by atoms with E-state index in [0.717, 1.165) is 37.6 Å². The first-order valence-electron chi connectivity index (χ1n) is 7.80. The van der Waals surface area contributed by atoms with Gasteiger partial charge in [0.25, 0.3) is 5.91 Å². The molecule has 2 aromatic heterocycles. The van der Waals surface area contributed by atoms with Crippen LogP contribution in [0.3, 0.4) is 0 Å². The van der Waals surface area contributed by atoms with Gasteiger partial charge < -0.3 is 15.1 Å². The van der Waals surface area contributed by atoms with E-state index in [1.165, 1.54) is 0 Å². The molecule has 0 saturated carbocycles. The second-order valence-electron chi connectivity index (χ2n) is 5.70. The average molecular weight is 311 g/mol. The number of nitrogens with zero attached hydrogens (tertiary/aromatic N) is 4. The van der Waals surface area contributed by atoms with Crippen molar-refractivity contribution in [2.75, 3.05) is 38.1 Å². The molecule has 120 valence electrons. The number of anilines is 1. The maximum Gasteiger partial charge on any atom is 0.270 e. The quantitative estimate of drug-likeness (QED) is 0.918. The lowest BCUT2D eigenvalue weighted by atomic mass is 10.2. The van der Waals surface area contributed by atoms with E-state index in [2.05, 4.69) is 32.1 Å². The monoisotopic (exact) mass is 311 g/mol. The second-order valence-corrected chi connectivity index (χ2v) is 5.70. The molecule has 1 aliphatic rings. The molecule has 3 heterocycles. The number of pyridine rings is 2. The highest BCUT2D eigenvalue weighted by Gasteiger charge is 2.15. The number of nitrogens with one attached hydrogen (secondary N) is 1. The summed E-state index contributed by atoms with van der Waals surface area (Å²) in [6.45, 7) is 4.48. The lowest BCUT2D eigenvalue weighted by molar-refractivity contribution is 0.0945. The van der Waals surface area contributed by atoms with Crippen LogP contribution in [0.25, 0.3) is 0 Å². The number of rotatable bonds is 4. The van der Waals surface area contributed by atoms with Gasteiger partial charge in [-0.15, -0.1) is 0 Å². The van der Waals surface area contributed by atoms with E-state index >= 15 is 0 Å². The van der Waals surface area contributed by atoms with Gasteiger partial charge in [0.15, 0.2) is 0 Å². The van der Waals surface area contributed by atoms with E-state index in [9.17, 15) is 4.79 Å². The van der Waals surface area contributed by atoms with Crippen molar-refractivity contribution in [3.63, 3.8) is 0 Å². The number of aromatic nitrogens is 2. The van der Waals surface area contributed by atoms with Gasteiger partial charge in [-0.05, 0) is 31.3 Å². The Bertz CT molecular complexity index is 636. The van der Waals surface area contributed by atoms with Gasteiger partial charge in [0.2, 0.25) is 0 Å². The van der Waals surface area contributed by atoms with E-state index in [4.69, 9.17) is 0 Å². The predicted molar refractivity (Wildman–Crippen MR) is 89.4 cm³/mol. The lowest BCUT2D eigenvalue weighted by Crippen LogP contribution is -2.44. The molecule has 0 bridgehead atoms. The van der Waals surface area contributed by atoms with Crippen LogP contribution in [0.15, 0.2) is 42.7 Å². The molecule has 23 heavy (non-hydrogen) atoms. The van der Waals surface area contributed by atoms with Gasteiger partial charge in [-0.2, -0.15) is 0 Å². The fourth-order valence-electron chi connectivity index (χ4n) is 2.54. The van der Waals surface area contributed by atoms with Crippen molar-refractivity contribution >= 4 is 11.6 Å². The van der Waals surface area contributed by atoms with Gasteiger partial charge in [0.1, 0.15) is 5.69 Å². The van der Waals surface area contributed by atoms with E-state index in [0.29, 0.717) is 12.2 Å². The first-order chi connectivity index (χ1) is 11.2. The first-order valence-corrected chi connectivity index (χ1v) is 7.80. The molecule has 1 fully saturated rings. The Labute approximate surface area is 136 Å². The van der Waals surface area contributed by atoms with Gasteiger partial charge in [-0.3, -0.25) is 9.78 Å². The Morgan fingerprint density at radius 1 is 1.13 bits per heavy atom. The van der Waals surface area contributed by atoms with Crippen LogP contribution < -0.4 is 10.2 Å². The van der Waals surface area contributed by atoms with Crippen LogP contribution in [0.2, 0.25) is 0 Å². The third kappa shape index (κ3) is 4.04. The highest BCUT2D eigenvalue weighted by Crippen LogP contribution is 2.15. The number of amides is 1. The Kier molecular flexibility index (Phi) is 4.83. The SMILES string of the molecule is CN1CCN(c2ccc(C(=O)NCc3ccccn3)nc2)CC1. The molecule has 0 atom stereocenters. The molecule has 0 aliphatic carbocycles. The highest BCUT2D eigenvalue weighted by molar-refractivity contribution is 5.92. The molecule has 1 amide bonds. The number of carbonyl (C=O) groups is 1. The fraction of sp³-hybridized carbons (Fsp3) is 0.353. The maximum absolute atomic E-state index is 12.1. The van der Waals surface area contributed by atoms with Crippen LogP contribution in [0.1, 0.15) is 16.2 Å². The van der Waals surface area contributed by atoms with Gasteiger partial charge in [-0.25, -0.2) is 4.98 Å². The van der Waals surface area contributed by atoms with Crippen LogP contribution in [0.5, 0.6) is 0 Å². The minimum absolute atomic E-state index is 0.180. The van der Waals surface area contributed by atoms with Crippen molar-refractivity contribution in [1.29, 1.82) is 0 Å². The summed E-state index contributed by atoms with van der Waals surface area (Å²) < 4.78 is 0. The minimum atomic E-state index is -0.180. The summed E-state index contributed by atoms with van der Waals surface area (Å²) >= 11 is 0. The Morgan fingerprint density at radius 3 is 2.61 bits per heavy atom. The Morgan fingerprint density at radius 2 is 1.96 bits per heavy atom. The molecule has 1 aliphatic heterocycles. The third-order valence-electron chi connectivity index (χ3n) is 4.01. The molecular weight excluding hydrogens is 290 g/mol. The number of carbonyl (C=O) groups excluding carboxylic acids is 1. The van der Waals surface area contributed by atoms with Crippen LogP contribution in [0.4, 0.5) is 5.69 Å². The molecule has 1 saturated heterocycles. The third-order valence-corrected chi connectivity index (χ3v) is 4.01. The molecule has 0 radical (unpaired) electrons. The largest absolute Gasteiger partial charge is 0.368 e. The average Bonchev–Trinajstić information content (AvgIpc) is 2.61. The second kappa shape index (κ2) is 7.19. The highest BCUT2D eigenvalue weighted by atomic mass is 16.1. The smallest absolute Gasteiger partial charge is 0.270 e. The molecule has 2 aromatic rings. The summed E-state index contributed by atoms with van der Waals surface area (Å²) in [5.74, 6) is -0.180. The zero-order valence-corrected chi connectivity index (χ0v) is 13.3. The van der Waals surface area contributed by atoms with Crippen LogP contribution in [-0.4, -0.2) is 54.0 Å². The Balaban J connectivity index is 1.57. The topological polar surface area (TPSA) is 61.4 Å². The molecule has 6 heteroatoms. The molecule has 6 nitrogen and oxygen atoms in total. The van der Waals surface area contributed by atoms with Gasteiger partial charge in [0.05, 0.1) is 24.1 Å². The summed E-state index contributed by atoms with van der Waals surface area (Å²) in [5, 5.41) is 2.84. The van der Waals surface area contributed by atoms with Crippen molar-refractivity contribution < 1.29 is 4.79 Å². The molecular formula is C17H21N5O. The number of hydrogen-bond acceptors (Lipinski definition) is 5. The molecule has 0 spiro atoms. The summed E-state index contributed by atoms with van der Waals surface area (Å²) in [4.78, 5) is 25.2. The zero-order chi connectivity index (χ0) is 16.1. The standard InChI is InChI=1S/C17H21N5O/c1-21-8-10-22(11-9-21)15-5-6-16(19-13-15)17(23)20-12-14-4-2-3-7-18-14/h2-7,13H,8-12H2,1H3,(H,20,23). The van der Waals surface area contributed by atoms with Crippen molar-refractivity contribution in [2.45, 2.75) is 6.54 Å². The number of hydrogen-bond donors (Lipinski definition) is 1. The minimum Gasteiger partial charge on any atom is -0.368 e. The molecule has 1 N–H and O–H groups in total. The fourth-order valence-corrected chi connectivity index (χ4v) is 2.54. The van der Waals surface area contributed by atoms with Crippen molar-refractivity contribution in [1.82, 2.24) is 20.2 Å². The van der Waals surface area contributed by atoms with Crippen molar-refractivity contribution in [3.05, 3.63) is 54.1 Å². The number of piperazine rings is 1. The van der Waals surface area contributed by atoms with E-state index in [1.807, 2.05) is 24.3 Å². The molecule has 3 rings (SSSR count). The Hall–Kier alpha value is -2.47. The zero-order valence-electron chi connectivity index (χ0n) is 13.3. The van der Waals surface area contributed by atoms with Crippen LogP contribution in [0, 0.1) is 0 Å². The van der Waals surface area contributed by atoms with Gasteiger partial charge in [-0.1, -0.05) is 6.07 Å². The predicted octanol–water partition coefficient (Wildman–Crippen LogP) is 1.16. The lowest BCUT2D eigenvalue weighted by Gasteiger charge is -2.33. The summed E-state index contributed by atoms with van der Waals surface area (Å²) in [6.07, 6.45) is 3.49. The van der Waals surface area contributed by atoms with Crippen molar-refractivity contribution in [3.8, 4) is 0 Å². The summed E-state index contributed by atoms with van der Waals surface area (Å²) in [6, 6.07) is 9.38. The van der Waals surface area contributed by atoms with Crippen LogP contribution >= 0.6 is 0 Å². The van der Waals surface area contributed by atoms with Gasteiger partial charge in [0, 0.05) is 32.4 Å². The summed E-state index contributed by atoms with van der Waals surface area (Å²) in [5.41, 5.74) is 2.33. The van der Waals surface area contributed by atoms with E-state index < -0.39 is 0 Å². The first kappa shape index (κ1) is 15.4. The maximum atomic E-state index is 12.1. The van der Waals surface area contributed by atoms with Gasteiger partial charge >= 0.3 is 0 Å². The molecule has 0 unspecified atom stereocenters.